The summed E-state index contributed by atoms with van der Waals surface area (Å²) in [7, 11) is 1.58. The van der Waals surface area contributed by atoms with Crippen LogP contribution in [-0.4, -0.2) is 22.0 Å². The first-order valence-electron chi connectivity index (χ1n) is 7.00. The van der Waals surface area contributed by atoms with Crippen molar-refractivity contribution in [3.05, 3.63) is 59.7 Å². The highest BCUT2D eigenvalue weighted by molar-refractivity contribution is 7.98. The third kappa shape index (κ3) is 3.18. The predicted molar refractivity (Wildman–Crippen MR) is 88.1 cm³/mol. The quantitative estimate of drug-likeness (QED) is 0.566. The van der Waals surface area contributed by atoms with Gasteiger partial charge in [-0.2, -0.15) is 0 Å². The Bertz CT molecular complexity index is 852. The van der Waals surface area contributed by atoms with Crippen LogP contribution in [0.15, 0.2) is 47.6 Å². The molecule has 0 unspecified atom stereocenters. The van der Waals surface area contributed by atoms with E-state index in [9.17, 15) is 8.78 Å². The van der Waals surface area contributed by atoms with Gasteiger partial charge in [0, 0.05) is 16.9 Å². The van der Waals surface area contributed by atoms with E-state index in [4.69, 9.17) is 10.6 Å². The molecule has 0 spiro atoms. The van der Waals surface area contributed by atoms with Gasteiger partial charge in [0.05, 0.1) is 7.11 Å². The van der Waals surface area contributed by atoms with Crippen LogP contribution in [0.5, 0.6) is 5.75 Å². The van der Waals surface area contributed by atoms with Crippen molar-refractivity contribution in [1.82, 2.24) is 14.9 Å². The molecule has 8 heteroatoms. The van der Waals surface area contributed by atoms with Crippen molar-refractivity contribution in [1.29, 1.82) is 0 Å². The molecule has 3 rings (SSSR count). The fourth-order valence-corrected chi connectivity index (χ4v) is 2.95. The van der Waals surface area contributed by atoms with Gasteiger partial charge in [0.25, 0.3) is 0 Å². The van der Waals surface area contributed by atoms with Gasteiger partial charge in [0.1, 0.15) is 5.75 Å². The summed E-state index contributed by atoms with van der Waals surface area (Å²) in [6.07, 6.45) is 0. The van der Waals surface area contributed by atoms with Gasteiger partial charge in [-0.15, -0.1) is 10.2 Å². The van der Waals surface area contributed by atoms with Crippen LogP contribution in [0.1, 0.15) is 5.56 Å². The van der Waals surface area contributed by atoms with Gasteiger partial charge in [-0.3, -0.25) is 0 Å². The minimum absolute atomic E-state index is 0.196. The molecule has 1 heterocycles. The molecule has 0 radical (unpaired) electrons. The second kappa shape index (κ2) is 6.88. The normalized spacial score (nSPS) is 10.8. The number of nitrogen functional groups attached to an aromatic ring is 1. The molecule has 3 aromatic rings. The molecule has 0 atom stereocenters. The summed E-state index contributed by atoms with van der Waals surface area (Å²) in [5, 5.41) is 8.46. The van der Waals surface area contributed by atoms with Crippen molar-refractivity contribution in [2.75, 3.05) is 13.0 Å². The van der Waals surface area contributed by atoms with Gasteiger partial charge < -0.3 is 10.6 Å². The maximum atomic E-state index is 13.7. The van der Waals surface area contributed by atoms with Crippen LogP contribution in [0.3, 0.4) is 0 Å². The minimum Gasteiger partial charge on any atom is -0.497 e. The zero-order chi connectivity index (χ0) is 17.1. The number of hydrogen-bond acceptors (Lipinski definition) is 5. The molecular weight excluding hydrogens is 334 g/mol. The number of thioether (sulfide) groups is 1. The van der Waals surface area contributed by atoms with Gasteiger partial charge >= 0.3 is 0 Å². The summed E-state index contributed by atoms with van der Waals surface area (Å²) >= 11 is 1.18. The SMILES string of the molecule is COc1ccc(-c2nnc(SCc3cccc(F)c3F)n2N)cc1. The van der Waals surface area contributed by atoms with Crippen LogP contribution in [0.4, 0.5) is 8.78 Å². The van der Waals surface area contributed by atoms with Crippen molar-refractivity contribution in [2.24, 2.45) is 0 Å². The van der Waals surface area contributed by atoms with E-state index in [1.807, 2.05) is 12.1 Å². The molecular formula is C16H14F2N4OS. The Morgan fingerprint density at radius 2 is 1.88 bits per heavy atom. The number of halogens is 2. The third-order valence-electron chi connectivity index (χ3n) is 3.40. The largest absolute Gasteiger partial charge is 0.497 e. The van der Waals surface area contributed by atoms with Gasteiger partial charge in [0.15, 0.2) is 17.5 Å². The Labute approximate surface area is 141 Å². The van der Waals surface area contributed by atoms with E-state index in [-0.39, 0.29) is 11.3 Å². The van der Waals surface area contributed by atoms with Gasteiger partial charge in [0.2, 0.25) is 5.16 Å². The zero-order valence-corrected chi connectivity index (χ0v) is 13.6. The minimum atomic E-state index is -0.874. The molecule has 0 saturated heterocycles. The van der Waals surface area contributed by atoms with Crippen LogP contribution in [0.25, 0.3) is 11.4 Å². The lowest BCUT2D eigenvalue weighted by molar-refractivity contribution is 0.415. The summed E-state index contributed by atoms with van der Waals surface area (Å²) in [5.41, 5.74) is 1.02. The smallest absolute Gasteiger partial charge is 0.210 e. The molecule has 0 amide bonds. The first-order valence-corrected chi connectivity index (χ1v) is 7.99. The average molecular weight is 348 g/mol. The first-order chi connectivity index (χ1) is 11.6. The van der Waals surface area contributed by atoms with Gasteiger partial charge in [-0.25, -0.2) is 13.5 Å². The summed E-state index contributed by atoms with van der Waals surface area (Å²) < 4.78 is 33.3. The van der Waals surface area contributed by atoms with E-state index in [1.54, 1.807) is 19.2 Å². The Morgan fingerprint density at radius 3 is 2.58 bits per heavy atom. The second-order valence-electron chi connectivity index (χ2n) is 4.91. The Hall–Kier alpha value is -2.61. The Balaban J connectivity index is 1.78. The number of methoxy groups -OCH3 is 1. The van der Waals surface area contributed by atoms with Crippen molar-refractivity contribution in [3.8, 4) is 17.1 Å². The average Bonchev–Trinajstić information content (AvgIpc) is 2.97. The number of aromatic nitrogens is 3. The molecule has 124 valence electrons. The molecule has 0 aliphatic rings. The number of nitrogens with zero attached hydrogens (tertiary/aromatic N) is 3. The highest BCUT2D eigenvalue weighted by atomic mass is 32.2. The second-order valence-corrected chi connectivity index (χ2v) is 5.85. The molecule has 5 nitrogen and oxygen atoms in total. The number of nitrogens with two attached hydrogens (primary N) is 1. The first kappa shape index (κ1) is 16.3. The van der Waals surface area contributed by atoms with Crippen molar-refractivity contribution < 1.29 is 13.5 Å². The molecule has 0 bridgehead atoms. The molecule has 1 aromatic heterocycles. The molecule has 0 aliphatic heterocycles. The van der Waals surface area contributed by atoms with Crippen LogP contribution in [0, 0.1) is 11.6 Å². The van der Waals surface area contributed by atoms with E-state index in [2.05, 4.69) is 10.2 Å². The standard InChI is InChI=1S/C16H14F2N4OS/c1-23-12-7-5-10(6-8-12)15-20-21-16(22(15)19)24-9-11-3-2-4-13(17)14(11)18/h2-8H,9,19H2,1H3. The zero-order valence-electron chi connectivity index (χ0n) is 12.7. The van der Waals surface area contributed by atoms with E-state index in [0.29, 0.717) is 11.0 Å². The lowest BCUT2D eigenvalue weighted by Gasteiger charge is -2.05. The summed E-state index contributed by atoms with van der Waals surface area (Å²) in [4.78, 5) is 0. The topological polar surface area (TPSA) is 66.0 Å². The number of rotatable bonds is 5. The highest BCUT2D eigenvalue weighted by Crippen LogP contribution is 2.26. The number of benzene rings is 2. The van der Waals surface area contributed by atoms with Crippen LogP contribution in [0.2, 0.25) is 0 Å². The Morgan fingerprint density at radius 1 is 1.12 bits per heavy atom. The molecule has 0 fully saturated rings. The predicted octanol–water partition coefficient (Wildman–Crippen LogP) is 3.24. The highest BCUT2D eigenvalue weighted by Gasteiger charge is 2.14. The van der Waals surface area contributed by atoms with E-state index in [1.165, 1.54) is 28.6 Å². The lowest BCUT2D eigenvalue weighted by Crippen LogP contribution is -2.11. The Kier molecular flexibility index (Phi) is 4.66. The molecule has 0 aliphatic carbocycles. The molecule has 2 N–H and O–H groups in total. The van der Waals surface area contributed by atoms with Gasteiger partial charge in [-0.05, 0) is 30.3 Å². The summed E-state index contributed by atoms with van der Waals surface area (Å²) in [6.45, 7) is 0. The van der Waals surface area contributed by atoms with Crippen molar-refractivity contribution >= 4 is 11.8 Å². The van der Waals surface area contributed by atoms with Crippen LogP contribution in [-0.2, 0) is 5.75 Å². The van der Waals surface area contributed by atoms with Crippen LogP contribution < -0.4 is 10.6 Å². The lowest BCUT2D eigenvalue weighted by atomic mass is 10.2. The maximum Gasteiger partial charge on any atom is 0.210 e. The van der Waals surface area contributed by atoms with Crippen LogP contribution >= 0.6 is 11.8 Å². The number of hydrogen-bond donors (Lipinski definition) is 1. The third-order valence-corrected chi connectivity index (χ3v) is 4.39. The number of ether oxygens (including phenoxy) is 1. The molecule has 0 saturated carbocycles. The van der Waals surface area contributed by atoms with E-state index >= 15 is 0 Å². The summed E-state index contributed by atoms with van der Waals surface area (Å²) in [5.74, 6) is 5.67. The molecule has 2 aromatic carbocycles. The summed E-state index contributed by atoms with van der Waals surface area (Å²) in [6, 6.07) is 11.3. The van der Waals surface area contributed by atoms with Gasteiger partial charge in [-0.1, -0.05) is 23.9 Å². The van der Waals surface area contributed by atoms with Crippen molar-refractivity contribution in [2.45, 2.75) is 10.9 Å². The fraction of sp³-hybridized carbons (Fsp3) is 0.125. The molecule has 24 heavy (non-hydrogen) atoms. The maximum absolute atomic E-state index is 13.7. The fourth-order valence-electron chi connectivity index (χ4n) is 2.11. The van der Waals surface area contributed by atoms with Crippen molar-refractivity contribution in [3.63, 3.8) is 0 Å². The van der Waals surface area contributed by atoms with E-state index in [0.717, 1.165) is 17.4 Å². The van der Waals surface area contributed by atoms with E-state index < -0.39 is 11.6 Å². The monoisotopic (exact) mass is 348 g/mol.